The van der Waals surface area contributed by atoms with E-state index in [-0.39, 0.29) is 63.0 Å². The van der Waals surface area contributed by atoms with Crippen LogP contribution in [-0.2, 0) is 39.9 Å². The first-order valence-corrected chi connectivity index (χ1v) is 26.7. The molecule has 1 saturated carbocycles. The maximum atomic E-state index is 15.2. The van der Waals surface area contributed by atoms with Crippen LogP contribution in [0.1, 0.15) is 138 Å². The molecule has 1 fully saturated rings. The number of hydrogen-bond acceptors (Lipinski definition) is 14. The van der Waals surface area contributed by atoms with Crippen LogP contribution >= 0.6 is 0 Å². The fourth-order valence-electron chi connectivity index (χ4n) is 9.73. The Bertz CT molecular complexity index is 2740. The second kappa shape index (κ2) is 27.1. The lowest BCUT2D eigenvalue weighted by Crippen LogP contribution is -2.46. The number of ketones is 2. The quantitative estimate of drug-likeness (QED) is 0.0454. The van der Waals surface area contributed by atoms with Gasteiger partial charge >= 0.3 is 12.1 Å². The molecule has 77 heavy (non-hydrogen) atoms. The number of methoxy groups -OCH3 is 1. The van der Waals surface area contributed by atoms with E-state index in [1.165, 1.54) is 32.4 Å². The van der Waals surface area contributed by atoms with Crippen molar-refractivity contribution in [2.24, 2.45) is 11.8 Å². The number of nitrogens with zero attached hydrogens (tertiary/aromatic N) is 3. The van der Waals surface area contributed by atoms with Crippen LogP contribution in [0, 0.1) is 25.7 Å². The topological polar surface area (TPSA) is 231 Å². The molecule has 0 spiro atoms. The number of amides is 4. The summed E-state index contributed by atoms with van der Waals surface area (Å²) in [6.45, 7) is 14.1. The second-order valence-electron chi connectivity index (χ2n) is 21.0. The molecule has 6 rings (SSSR count). The average Bonchev–Trinajstić information content (AvgIpc) is 3.39. The summed E-state index contributed by atoms with van der Waals surface area (Å²) in [5, 5.41) is 8.22. The van der Waals surface area contributed by atoms with Crippen LogP contribution in [0.4, 0.5) is 4.79 Å². The van der Waals surface area contributed by atoms with Crippen LogP contribution in [0.15, 0.2) is 60.7 Å². The third-order valence-corrected chi connectivity index (χ3v) is 13.5. The van der Waals surface area contributed by atoms with Crippen molar-refractivity contribution in [1.29, 1.82) is 0 Å². The van der Waals surface area contributed by atoms with Gasteiger partial charge < -0.3 is 44.5 Å². The summed E-state index contributed by atoms with van der Waals surface area (Å²) in [4.78, 5) is 107. The lowest BCUT2D eigenvalue weighted by atomic mass is 9.88. The number of ether oxygens (including phenoxy) is 5. The Labute approximate surface area is 452 Å². The first-order chi connectivity index (χ1) is 36.7. The number of nitrogens with one attached hydrogen (secondary N) is 3. The molecule has 4 aromatic rings. The first-order valence-electron chi connectivity index (χ1n) is 26.7. The zero-order chi connectivity index (χ0) is 56.0. The third-order valence-electron chi connectivity index (χ3n) is 13.5. The van der Waals surface area contributed by atoms with Gasteiger partial charge in [0.15, 0.2) is 17.4 Å². The van der Waals surface area contributed by atoms with Gasteiger partial charge in [0.1, 0.15) is 41.5 Å². The van der Waals surface area contributed by atoms with Crippen LogP contribution in [0.25, 0.3) is 22.5 Å². The molecule has 3 N–H and O–H groups in total. The molecule has 18 heteroatoms. The number of Topliss-reactive ketones (excluding diaryl/α,β-unsaturated/α-hetero) is 2. The fraction of sp³-hybridized carbons (Fsp3) is 0.508. The van der Waals surface area contributed by atoms with Gasteiger partial charge in [-0.25, -0.2) is 19.6 Å². The van der Waals surface area contributed by atoms with E-state index in [1.807, 2.05) is 31.2 Å². The summed E-state index contributed by atoms with van der Waals surface area (Å²) in [6, 6.07) is 15.6. The van der Waals surface area contributed by atoms with E-state index >= 15 is 4.79 Å². The zero-order valence-corrected chi connectivity index (χ0v) is 46.3. The molecule has 2 aliphatic rings. The van der Waals surface area contributed by atoms with Crippen molar-refractivity contribution in [3.63, 3.8) is 0 Å². The molecule has 2 heterocycles. The Kier molecular flexibility index (Phi) is 20.7. The Balaban J connectivity index is 1.37. The molecule has 1 aromatic heterocycles. The molecule has 0 unspecified atom stereocenters. The average molecular weight is 1060 g/mol. The van der Waals surface area contributed by atoms with Gasteiger partial charge in [-0.3, -0.25) is 24.0 Å². The van der Waals surface area contributed by atoms with Crippen molar-refractivity contribution in [3.05, 3.63) is 88.7 Å². The standard InChI is InChI=1S/C59H76N6O12/c1-11-28-74-51-24-20-41-33-46(51)45-31-39(17-23-50(45)75-29-27-61-58(72)77-59(6,7)8)32-47(57(71)73-10)64-55(69)35(2)30-49(68)53(41)65(9)56(70)42(25-26-60-38(5)66)34-48(67)52-36(3)62-54(63-37(52)4)40-18-21-44(22-19-40)76-43-15-13-12-14-16-43/h17-24,31,33,35,42-43,47,53H,11-16,25-30,32,34H2,1-10H3,(H,60,66)(H,61,72)(H,64,69)/t35-,42-,47+,53+/m1/s1. The predicted molar refractivity (Wildman–Crippen MR) is 290 cm³/mol. The van der Waals surface area contributed by atoms with Gasteiger partial charge in [0.05, 0.1) is 43.3 Å². The Morgan fingerprint density at radius 1 is 0.831 bits per heavy atom. The molecule has 3 aromatic carbocycles. The second-order valence-corrected chi connectivity index (χ2v) is 21.0. The molecule has 0 radical (unpaired) electrons. The van der Waals surface area contributed by atoms with Gasteiger partial charge in [-0.1, -0.05) is 32.4 Å². The molecule has 4 bridgehead atoms. The summed E-state index contributed by atoms with van der Waals surface area (Å²) < 4.78 is 29.4. The Hall–Kier alpha value is -7.37. The minimum absolute atomic E-state index is 0.0192. The molecular formula is C59H76N6O12. The minimum Gasteiger partial charge on any atom is -0.493 e. The first kappa shape index (κ1) is 58.9. The van der Waals surface area contributed by atoms with E-state index < -0.39 is 65.0 Å². The van der Waals surface area contributed by atoms with Crippen LogP contribution in [0.2, 0.25) is 0 Å². The number of hydrogen-bond donors (Lipinski definition) is 3. The molecule has 414 valence electrons. The SMILES string of the molecule is CCCOc1ccc2cc1-c1cc(ccc1OCCNC(=O)OC(C)(C)C)C[C@@H](C(=O)OC)NC(=O)[C@H](C)CC(=O)[C@H]2N(C)C(=O)[C@H](CCNC(C)=O)CC(=O)c1c(C)nc(-c2ccc(OC3CCCCC3)cc2)nc1C. The highest BCUT2D eigenvalue weighted by molar-refractivity contribution is 6.01. The van der Waals surface area contributed by atoms with Gasteiger partial charge in [-0.2, -0.15) is 0 Å². The number of likely N-dealkylation sites (N-methyl/N-ethyl adjacent to an activating group) is 1. The van der Waals surface area contributed by atoms with Crippen LogP contribution in [-0.4, -0.2) is 114 Å². The van der Waals surface area contributed by atoms with Gasteiger partial charge in [0, 0.05) is 68.3 Å². The van der Waals surface area contributed by atoms with E-state index in [9.17, 15) is 28.8 Å². The number of aromatic nitrogens is 2. The lowest BCUT2D eigenvalue weighted by Gasteiger charge is -2.32. The number of alkyl carbamates (subject to hydrolysis) is 1. The number of aryl methyl sites for hydroxylation is 2. The maximum absolute atomic E-state index is 15.2. The largest absolute Gasteiger partial charge is 0.493 e. The van der Waals surface area contributed by atoms with Gasteiger partial charge in [0.2, 0.25) is 17.7 Å². The lowest BCUT2D eigenvalue weighted by molar-refractivity contribution is -0.146. The van der Waals surface area contributed by atoms with Crippen molar-refractivity contribution in [1.82, 2.24) is 30.8 Å². The highest BCUT2D eigenvalue weighted by atomic mass is 16.6. The van der Waals surface area contributed by atoms with Crippen LogP contribution < -0.4 is 30.2 Å². The summed E-state index contributed by atoms with van der Waals surface area (Å²) in [6.07, 6.45) is 5.26. The van der Waals surface area contributed by atoms with Crippen molar-refractivity contribution in [2.45, 2.75) is 143 Å². The number of benzene rings is 3. The summed E-state index contributed by atoms with van der Waals surface area (Å²) in [7, 11) is 2.70. The van der Waals surface area contributed by atoms with E-state index in [0.29, 0.717) is 64.0 Å². The summed E-state index contributed by atoms with van der Waals surface area (Å²) in [5.74, 6) is -3.08. The molecule has 4 atom stereocenters. The zero-order valence-electron chi connectivity index (χ0n) is 46.3. The van der Waals surface area contributed by atoms with E-state index in [1.54, 1.807) is 77.9 Å². The van der Waals surface area contributed by atoms with Crippen molar-refractivity contribution >= 4 is 41.4 Å². The van der Waals surface area contributed by atoms with Crippen molar-refractivity contribution in [2.75, 3.05) is 40.5 Å². The van der Waals surface area contributed by atoms with E-state index in [0.717, 1.165) is 37.0 Å². The van der Waals surface area contributed by atoms with Gasteiger partial charge in [-0.05, 0) is 133 Å². The Morgan fingerprint density at radius 3 is 2.12 bits per heavy atom. The van der Waals surface area contributed by atoms with Gasteiger partial charge in [0.25, 0.3) is 0 Å². The number of esters is 1. The van der Waals surface area contributed by atoms with Gasteiger partial charge in [-0.15, -0.1) is 0 Å². The molecular weight excluding hydrogens is 985 g/mol. The van der Waals surface area contributed by atoms with E-state index in [2.05, 4.69) is 16.0 Å². The third kappa shape index (κ3) is 16.3. The molecule has 4 amide bonds. The van der Waals surface area contributed by atoms with E-state index in [4.69, 9.17) is 33.7 Å². The maximum Gasteiger partial charge on any atom is 0.407 e. The number of carbonyl (C=O) groups is 7. The highest BCUT2D eigenvalue weighted by Crippen LogP contribution is 2.41. The summed E-state index contributed by atoms with van der Waals surface area (Å²) in [5.41, 5.74) is 3.13. The van der Waals surface area contributed by atoms with Crippen LogP contribution in [0.3, 0.4) is 0 Å². The smallest absolute Gasteiger partial charge is 0.407 e. The van der Waals surface area contributed by atoms with Crippen molar-refractivity contribution < 1.29 is 57.2 Å². The summed E-state index contributed by atoms with van der Waals surface area (Å²) >= 11 is 0. The number of carbonyl (C=O) groups excluding carboxylic acids is 7. The number of rotatable bonds is 19. The molecule has 18 nitrogen and oxygen atoms in total. The normalized spacial score (nSPS) is 17.4. The number of fused-ring (bicyclic) bond motifs is 5. The fourth-order valence-corrected chi connectivity index (χ4v) is 9.73. The predicted octanol–water partition coefficient (Wildman–Crippen LogP) is 8.56. The minimum atomic E-state index is -1.31. The monoisotopic (exact) mass is 1060 g/mol. The van der Waals surface area contributed by atoms with Crippen LogP contribution in [0.5, 0.6) is 17.2 Å². The molecule has 0 saturated heterocycles. The van der Waals surface area contributed by atoms with Crippen molar-refractivity contribution in [3.8, 4) is 39.8 Å². The highest BCUT2D eigenvalue weighted by Gasteiger charge is 2.37. The Morgan fingerprint density at radius 2 is 1.48 bits per heavy atom. The molecule has 1 aliphatic carbocycles. The molecule has 1 aliphatic heterocycles.